The third-order valence-electron chi connectivity index (χ3n) is 9.83. The Hall–Kier alpha value is -3.99. The van der Waals surface area contributed by atoms with E-state index in [1.807, 2.05) is 44.2 Å². The summed E-state index contributed by atoms with van der Waals surface area (Å²) in [4.78, 5) is 59.2. The Labute approximate surface area is 293 Å². The maximum absolute atomic E-state index is 14.8. The zero-order chi connectivity index (χ0) is 35.3. The molecule has 3 heterocycles. The van der Waals surface area contributed by atoms with E-state index in [0.717, 1.165) is 5.56 Å². The largest absolute Gasteiger partial charge is 0.463 e. The van der Waals surface area contributed by atoms with Crippen molar-refractivity contribution in [3.63, 3.8) is 0 Å². The Bertz CT molecular complexity index is 1550. The second kappa shape index (κ2) is 15.7. The van der Waals surface area contributed by atoms with Crippen LogP contribution in [0.3, 0.4) is 0 Å². The van der Waals surface area contributed by atoms with Crippen molar-refractivity contribution >= 4 is 41.0 Å². The van der Waals surface area contributed by atoms with Crippen molar-refractivity contribution < 1.29 is 33.8 Å². The summed E-state index contributed by atoms with van der Waals surface area (Å²) in [7, 11) is 0. The Balaban J connectivity index is 1.51. The molecule has 2 aromatic rings. The van der Waals surface area contributed by atoms with Gasteiger partial charge in [-0.25, -0.2) is 0 Å². The molecule has 10 nitrogen and oxygen atoms in total. The molecule has 0 aliphatic carbocycles. The number of fused-ring (bicyclic) bond motifs is 1. The molecule has 3 amide bonds. The zero-order valence-corrected chi connectivity index (χ0v) is 28.9. The summed E-state index contributed by atoms with van der Waals surface area (Å²) < 4.78 is 12.2. The average molecular weight is 692 g/mol. The molecule has 3 fully saturated rings. The van der Waals surface area contributed by atoms with E-state index < -0.39 is 65.4 Å². The highest BCUT2D eigenvalue weighted by Crippen LogP contribution is 2.59. The average Bonchev–Trinajstić information content (AvgIpc) is 3.74. The number of hydrogen-bond donors (Lipinski definition) is 2. The van der Waals surface area contributed by atoms with Crippen LogP contribution < -0.4 is 10.2 Å². The van der Waals surface area contributed by atoms with Crippen LogP contribution in [0, 0.1) is 17.8 Å². The van der Waals surface area contributed by atoms with Crippen LogP contribution in [0.15, 0.2) is 79.9 Å². The normalized spacial score (nSPS) is 25.1. The first-order valence-electron chi connectivity index (χ1n) is 17.0. The van der Waals surface area contributed by atoms with E-state index >= 15 is 0 Å². The van der Waals surface area contributed by atoms with Crippen molar-refractivity contribution in [2.24, 2.45) is 17.8 Å². The molecule has 0 radical (unpaired) electrons. The number of aliphatic hydroxyl groups is 1. The number of nitrogens with one attached hydrogen (secondary N) is 1. The maximum Gasteiger partial charge on any atom is 0.306 e. The van der Waals surface area contributed by atoms with Gasteiger partial charge in [0.2, 0.25) is 11.8 Å². The van der Waals surface area contributed by atoms with Crippen molar-refractivity contribution in [1.29, 1.82) is 0 Å². The summed E-state index contributed by atoms with van der Waals surface area (Å²) >= 11 is 6.58. The standard InChI is InChI=1S/C38H46ClN3O7/c1-5-7-17-31(44)48-23-28(25-13-9-8-10-14-25)40-35(45)32-30-18-19-38(49-30)33(32)36(46)42(26(22-43)21-24(3)4)34(38)37(47)41(20-6-2)29-16-12-11-15-27(29)39/h5-6,8-16,24,26,28,30,32-34,43H,1-2,7,17-23H2,3-4H3,(H,40,45)/t26-,28-,30+,32-,33-,34+,38-/m1/s1. The molecule has 5 rings (SSSR count). The molecule has 262 valence electrons. The van der Waals surface area contributed by atoms with Gasteiger partial charge in [-0.05, 0) is 49.3 Å². The van der Waals surface area contributed by atoms with Gasteiger partial charge in [0.25, 0.3) is 5.91 Å². The molecule has 3 aliphatic rings. The Kier molecular flexibility index (Phi) is 11.6. The van der Waals surface area contributed by atoms with Crippen LogP contribution in [0.5, 0.6) is 0 Å². The van der Waals surface area contributed by atoms with Gasteiger partial charge in [0.05, 0.1) is 47.3 Å². The molecular formula is C38H46ClN3O7. The van der Waals surface area contributed by atoms with Crippen LogP contribution in [0.2, 0.25) is 5.02 Å². The van der Waals surface area contributed by atoms with Crippen LogP contribution in [0.4, 0.5) is 5.69 Å². The lowest BCUT2D eigenvalue weighted by molar-refractivity contribution is -0.146. The highest BCUT2D eigenvalue weighted by atomic mass is 35.5. The van der Waals surface area contributed by atoms with Gasteiger partial charge in [0, 0.05) is 13.0 Å². The monoisotopic (exact) mass is 691 g/mol. The predicted molar refractivity (Wildman–Crippen MR) is 186 cm³/mol. The van der Waals surface area contributed by atoms with E-state index in [1.54, 1.807) is 36.4 Å². The molecule has 7 atom stereocenters. The van der Waals surface area contributed by atoms with Crippen molar-refractivity contribution in [2.45, 2.75) is 75.8 Å². The summed E-state index contributed by atoms with van der Waals surface area (Å²) in [5.41, 5.74) is -0.109. The van der Waals surface area contributed by atoms with Gasteiger partial charge in [-0.1, -0.05) is 80.1 Å². The minimum atomic E-state index is -1.30. The summed E-state index contributed by atoms with van der Waals surface area (Å²) in [6.07, 6.45) is 4.55. The third kappa shape index (κ3) is 7.18. The number of carbonyl (C=O) groups excluding carboxylic acids is 4. The summed E-state index contributed by atoms with van der Waals surface area (Å²) in [6.45, 7) is 11.1. The lowest BCUT2D eigenvalue weighted by Crippen LogP contribution is -2.59. The molecule has 1 spiro atoms. The van der Waals surface area contributed by atoms with Crippen LogP contribution in [0.1, 0.15) is 57.6 Å². The van der Waals surface area contributed by atoms with Crippen molar-refractivity contribution in [3.8, 4) is 0 Å². The molecule has 49 heavy (non-hydrogen) atoms. The van der Waals surface area contributed by atoms with Crippen LogP contribution in [-0.4, -0.2) is 77.2 Å². The number of amides is 3. The molecule has 3 saturated heterocycles. The summed E-state index contributed by atoms with van der Waals surface area (Å²) in [5.74, 6) is -3.42. The second-order valence-corrected chi connectivity index (χ2v) is 13.8. The minimum Gasteiger partial charge on any atom is -0.463 e. The topological polar surface area (TPSA) is 125 Å². The van der Waals surface area contributed by atoms with Gasteiger partial charge in [0.15, 0.2) is 0 Å². The molecule has 0 aromatic heterocycles. The molecule has 2 N–H and O–H groups in total. The fourth-order valence-electron chi connectivity index (χ4n) is 7.78. The first-order chi connectivity index (χ1) is 23.6. The predicted octanol–water partition coefficient (Wildman–Crippen LogP) is 5.01. The Morgan fingerprint density at radius 1 is 1.14 bits per heavy atom. The van der Waals surface area contributed by atoms with Gasteiger partial charge in [-0.3, -0.25) is 19.2 Å². The molecule has 0 saturated carbocycles. The number of likely N-dealkylation sites (tertiary alicyclic amines) is 1. The van der Waals surface area contributed by atoms with E-state index in [0.29, 0.717) is 36.4 Å². The lowest BCUT2D eigenvalue weighted by Gasteiger charge is -2.39. The fourth-order valence-corrected chi connectivity index (χ4v) is 8.02. The number of nitrogens with zero attached hydrogens (tertiary/aromatic N) is 2. The molecular weight excluding hydrogens is 646 g/mol. The Morgan fingerprint density at radius 3 is 2.51 bits per heavy atom. The van der Waals surface area contributed by atoms with E-state index in [4.69, 9.17) is 21.1 Å². The quantitative estimate of drug-likeness (QED) is 0.187. The number of ether oxygens (including phenoxy) is 2. The number of hydrogen-bond acceptors (Lipinski definition) is 7. The number of para-hydroxylation sites is 1. The lowest BCUT2D eigenvalue weighted by atomic mass is 9.70. The zero-order valence-electron chi connectivity index (χ0n) is 28.1. The van der Waals surface area contributed by atoms with Crippen molar-refractivity contribution in [1.82, 2.24) is 10.2 Å². The number of esters is 1. The Morgan fingerprint density at radius 2 is 1.86 bits per heavy atom. The molecule has 11 heteroatoms. The van der Waals surface area contributed by atoms with Gasteiger partial charge in [-0.2, -0.15) is 0 Å². The number of allylic oxidation sites excluding steroid dienone is 1. The van der Waals surface area contributed by atoms with Gasteiger partial charge in [0.1, 0.15) is 18.2 Å². The van der Waals surface area contributed by atoms with Crippen LogP contribution in [0.25, 0.3) is 0 Å². The van der Waals surface area contributed by atoms with Gasteiger partial charge < -0.3 is 29.7 Å². The highest BCUT2D eigenvalue weighted by molar-refractivity contribution is 6.34. The minimum absolute atomic E-state index is 0.101. The fraction of sp³-hybridized carbons (Fsp3) is 0.474. The smallest absolute Gasteiger partial charge is 0.306 e. The second-order valence-electron chi connectivity index (χ2n) is 13.4. The molecule has 3 aliphatic heterocycles. The molecule has 2 bridgehead atoms. The SMILES string of the molecule is C=CCCC(=O)OC[C@@H](NC(=O)[C@@H]1[C@@H]2CC[C@]3(O2)[C@H](C(=O)N(CC=C)c2ccccc2Cl)N([C@@H](CO)CC(C)C)C(=O)[C@@H]13)c1ccccc1. The van der Waals surface area contributed by atoms with Crippen LogP contribution in [-0.2, 0) is 28.7 Å². The van der Waals surface area contributed by atoms with Crippen LogP contribution >= 0.6 is 11.6 Å². The van der Waals surface area contributed by atoms with Crippen molar-refractivity contribution in [2.75, 3.05) is 24.7 Å². The van der Waals surface area contributed by atoms with Gasteiger partial charge in [-0.15, -0.1) is 13.2 Å². The van der Waals surface area contributed by atoms with E-state index in [-0.39, 0.29) is 32.1 Å². The summed E-state index contributed by atoms with van der Waals surface area (Å²) in [6, 6.07) is 13.6. The van der Waals surface area contributed by atoms with Crippen molar-refractivity contribution in [3.05, 3.63) is 90.5 Å². The maximum atomic E-state index is 14.8. The van der Waals surface area contributed by atoms with E-state index in [9.17, 15) is 24.3 Å². The summed E-state index contributed by atoms with van der Waals surface area (Å²) in [5, 5.41) is 14.0. The highest BCUT2D eigenvalue weighted by Gasteiger charge is 2.75. The van der Waals surface area contributed by atoms with E-state index in [1.165, 1.54) is 9.80 Å². The number of halogens is 1. The number of carbonyl (C=O) groups is 4. The molecule has 2 aromatic carbocycles. The first kappa shape index (κ1) is 36.3. The number of rotatable bonds is 16. The number of anilines is 1. The van der Waals surface area contributed by atoms with Gasteiger partial charge >= 0.3 is 5.97 Å². The third-order valence-corrected chi connectivity index (χ3v) is 10.1. The number of aliphatic hydroxyl groups excluding tert-OH is 1. The van der Waals surface area contributed by atoms with E-state index in [2.05, 4.69) is 18.5 Å². The first-order valence-corrected chi connectivity index (χ1v) is 17.3. The molecule has 0 unspecified atom stereocenters. The number of benzene rings is 2.